The Kier molecular flexibility index (Phi) is 5.26. The third-order valence-corrected chi connectivity index (χ3v) is 5.49. The van der Waals surface area contributed by atoms with Crippen LogP contribution in [-0.2, 0) is 6.54 Å². The molecule has 8 heteroatoms. The first-order chi connectivity index (χ1) is 13.5. The van der Waals surface area contributed by atoms with E-state index < -0.39 is 5.82 Å². The number of hydrogen-bond donors (Lipinski definition) is 0. The number of fused-ring (bicyclic) bond motifs is 1. The molecule has 140 valence electrons. The molecule has 0 saturated carbocycles. The van der Waals surface area contributed by atoms with Crippen LogP contribution in [0.15, 0.2) is 60.9 Å². The number of hydrogen-bond acceptors (Lipinski definition) is 4. The third kappa shape index (κ3) is 3.85. The molecule has 0 atom stereocenters. The van der Waals surface area contributed by atoms with Gasteiger partial charge in [0.1, 0.15) is 11.3 Å². The molecule has 1 amide bonds. The summed E-state index contributed by atoms with van der Waals surface area (Å²) in [6, 6.07) is 13.0. The summed E-state index contributed by atoms with van der Waals surface area (Å²) in [6.07, 6.45) is 3.32. The number of para-hydroxylation sites is 1. The Morgan fingerprint density at radius 2 is 1.89 bits per heavy atom. The largest absolute Gasteiger partial charge is 0.279 e. The van der Waals surface area contributed by atoms with Gasteiger partial charge in [0.2, 0.25) is 0 Å². The van der Waals surface area contributed by atoms with E-state index in [2.05, 4.69) is 9.97 Å². The van der Waals surface area contributed by atoms with Crippen LogP contribution < -0.4 is 4.90 Å². The summed E-state index contributed by atoms with van der Waals surface area (Å²) >= 11 is 13.4. The molecule has 0 aliphatic heterocycles. The first-order valence-electron chi connectivity index (χ1n) is 8.23. The van der Waals surface area contributed by atoms with Crippen molar-refractivity contribution in [1.29, 1.82) is 0 Å². The van der Waals surface area contributed by atoms with Crippen LogP contribution >= 0.6 is 34.5 Å². The third-order valence-electron chi connectivity index (χ3n) is 4.01. The fourth-order valence-corrected chi connectivity index (χ4v) is 4.26. The topological polar surface area (TPSA) is 46.1 Å². The number of benzene rings is 2. The minimum atomic E-state index is -0.431. The van der Waals surface area contributed by atoms with Crippen LogP contribution in [0.2, 0.25) is 10.0 Å². The summed E-state index contributed by atoms with van der Waals surface area (Å²) in [5, 5.41) is 1.09. The monoisotopic (exact) mass is 431 g/mol. The Hall–Kier alpha value is -2.54. The molecule has 0 N–H and O–H groups in total. The molecular weight excluding hydrogens is 420 g/mol. The van der Waals surface area contributed by atoms with Crippen LogP contribution in [-0.4, -0.2) is 15.9 Å². The Labute approximate surface area is 174 Å². The van der Waals surface area contributed by atoms with Crippen molar-refractivity contribution in [3.8, 4) is 0 Å². The van der Waals surface area contributed by atoms with E-state index in [1.807, 2.05) is 6.07 Å². The lowest BCUT2D eigenvalue weighted by Gasteiger charge is -2.20. The van der Waals surface area contributed by atoms with Crippen molar-refractivity contribution in [1.82, 2.24) is 9.97 Å². The maximum atomic E-state index is 14.1. The fraction of sp³-hybridized carbons (Fsp3) is 0.0500. The van der Waals surface area contributed by atoms with E-state index in [1.54, 1.807) is 48.8 Å². The van der Waals surface area contributed by atoms with E-state index in [1.165, 1.54) is 22.3 Å². The molecule has 2 aromatic heterocycles. The van der Waals surface area contributed by atoms with Crippen molar-refractivity contribution in [2.45, 2.75) is 6.54 Å². The molecule has 0 aliphatic rings. The lowest BCUT2D eigenvalue weighted by Crippen LogP contribution is -2.30. The Morgan fingerprint density at radius 1 is 1.11 bits per heavy atom. The molecule has 0 fully saturated rings. The predicted molar refractivity (Wildman–Crippen MR) is 111 cm³/mol. The molecule has 0 radical (unpaired) electrons. The highest BCUT2D eigenvalue weighted by atomic mass is 35.5. The highest BCUT2D eigenvalue weighted by molar-refractivity contribution is 7.22. The summed E-state index contributed by atoms with van der Waals surface area (Å²) in [5.41, 5.74) is 1.36. The molecule has 4 nitrogen and oxygen atoms in total. The minimum Gasteiger partial charge on any atom is -0.279 e. The van der Waals surface area contributed by atoms with Gasteiger partial charge in [0.15, 0.2) is 5.13 Å². The second-order valence-corrected chi connectivity index (χ2v) is 7.88. The van der Waals surface area contributed by atoms with E-state index >= 15 is 0 Å². The summed E-state index contributed by atoms with van der Waals surface area (Å²) in [7, 11) is 0. The standard InChI is InChI=1S/C20H12Cl2FN3OS/c21-14-7-13(8-15(22)9-14)19(27)26(11-12-3-2-6-24-10-12)20-25-18-16(23)4-1-5-17(18)28-20/h1-10H,11H2. The molecule has 28 heavy (non-hydrogen) atoms. The lowest BCUT2D eigenvalue weighted by molar-refractivity contribution is 0.0985. The number of nitrogens with zero attached hydrogens (tertiary/aromatic N) is 3. The summed E-state index contributed by atoms with van der Waals surface area (Å²) in [6.45, 7) is 0.220. The van der Waals surface area contributed by atoms with Crippen LogP contribution in [0, 0.1) is 5.82 Å². The van der Waals surface area contributed by atoms with Gasteiger partial charge in [0, 0.05) is 28.0 Å². The summed E-state index contributed by atoms with van der Waals surface area (Å²) in [5.74, 6) is -0.771. The lowest BCUT2D eigenvalue weighted by atomic mass is 10.2. The van der Waals surface area contributed by atoms with Gasteiger partial charge >= 0.3 is 0 Å². The number of halogens is 3. The molecule has 2 aromatic carbocycles. The number of pyridine rings is 1. The quantitative estimate of drug-likeness (QED) is 0.398. The van der Waals surface area contributed by atoms with Gasteiger partial charge in [-0.25, -0.2) is 9.37 Å². The Bertz CT molecular complexity index is 1150. The molecule has 2 heterocycles. The smallest absolute Gasteiger partial charge is 0.260 e. The molecule has 0 spiro atoms. The van der Waals surface area contributed by atoms with Crippen LogP contribution in [0.3, 0.4) is 0 Å². The van der Waals surface area contributed by atoms with E-state index in [0.717, 1.165) is 5.56 Å². The summed E-state index contributed by atoms with van der Waals surface area (Å²) < 4.78 is 14.8. The maximum Gasteiger partial charge on any atom is 0.260 e. The van der Waals surface area contributed by atoms with Gasteiger partial charge in [-0.15, -0.1) is 0 Å². The number of carbonyl (C=O) groups excluding carboxylic acids is 1. The van der Waals surface area contributed by atoms with Gasteiger partial charge < -0.3 is 0 Å². The molecule has 0 unspecified atom stereocenters. The highest BCUT2D eigenvalue weighted by Gasteiger charge is 2.23. The van der Waals surface area contributed by atoms with Gasteiger partial charge in [-0.2, -0.15) is 0 Å². The normalized spacial score (nSPS) is 11.0. The van der Waals surface area contributed by atoms with Crippen molar-refractivity contribution in [3.63, 3.8) is 0 Å². The molecule has 0 aliphatic carbocycles. The molecule has 0 bridgehead atoms. The van der Waals surface area contributed by atoms with Crippen LogP contribution in [0.5, 0.6) is 0 Å². The van der Waals surface area contributed by atoms with Gasteiger partial charge in [-0.1, -0.05) is 46.7 Å². The minimum absolute atomic E-state index is 0.220. The number of carbonyl (C=O) groups is 1. The number of thiazole rings is 1. The van der Waals surface area contributed by atoms with Gasteiger partial charge in [0.05, 0.1) is 11.2 Å². The van der Waals surface area contributed by atoms with Crippen LogP contribution in [0.1, 0.15) is 15.9 Å². The zero-order chi connectivity index (χ0) is 19.7. The van der Waals surface area contributed by atoms with Crippen molar-refractivity contribution in [2.24, 2.45) is 0 Å². The zero-order valence-corrected chi connectivity index (χ0v) is 16.6. The second-order valence-electron chi connectivity index (χ2n) is 5.99. The van der Waals surface area contributed by atoms with Crippen LogP contribution in [0.25, 0.3) is 10.2 Å². The fourth-order valence-electron chi connectivity index (χ4n) is 2.75. The second kappa shape index (κ2) is 7.83. The number of rotatable bonds is 4. The molecule has 4 rings (SSSR count). The van der Waals surface area contributed by atoms with Gasteiger partial charge in [0.25, 0.3) is 5.91 Å². The van der Waals surface area contributed by atoms with E-state index in [-0.39, 0.29) is 18.0 Å². The predicted octanol–water partition coefficient (Wildman–Crippen LogP) is 5.98. The maximum absolute atomic E-state index is 14.1. The first-order valence-corrected chi connectivity index (χ1v) is 9.80. The van der Waals surface area contributed by atoms with E-state index in [9.17, 15) is 9.18 Å². The van der Waals surface area contributed by atoms with Crippen LogP contribution in [0.4, 0.5) is 9.52 Å². The SMILES string of the molecule is O=C(c1cc(Cl)cc(Cl)c1)N(Cc1cccnc1)c1nc2c(F)cccc2s1. The number of aromatic nitrogens is 2. The molecule has 0 saturated heterocycles. The number of anilines is 1. The number of amides is 1. The molecule has 4 aromatic rings. The Morgan fingerprint density at radius 3 is 2.57 bits per heavy atom. The highest BCUT2D eigenvalue weighted by Crippen LogP contribution is 2.32. The first kappa shape index (κ1) is 18.8. The van der Waals surface area contributed by atoms with E-state index in [0.29, 0.717) is 25.4 Å². The molecular formula is C20H12Cl2FN3OS. The average molecular weight is 432 g/mol. The Balaban J connectivity index is 1.80. The van der Waals surface area contributed by atoms with Crippen molar-refractivity contribution >= 4 is 55.8 Å². The van der Waals surface area contributed by atoms with Crippen molar-refractivity contribution in [2.75, 3.05) is 4.90 Å². The van der Waals surface area contributed by atoms with Gasteiger partial charge in [-0.3, -0.25) is 14.7 Å². The zero-order valence-electron chi connectivity index (χ0n) is 14.3. The van der Waals surface area contributed by atoms with Crippen molar-refractivity contribution < 1.29 is 9.18 Å². The summed E-state index contributed by atoms with van der Waals surface area (Å²) in [4.78, 5) is 23.2. The van der Waals surface area contributed by atoms with Crippen molar-refractivity contribution in [3.05, 3.63) is 87.9 Å². The van der Waals surface area contributed by atoms with Gasteiger partial charge in [-0.05, 0) is 42.0 Å². The average Bonchev–Trinajstić information content (AvgIpc) is 3.11. The van der Waals surface area contributed by atoms with E-state index in [4.69, 9.17) is 23.2 Å².